The van der Waals surface area contributed by atoms with Crippen LogP contribution in [0.15, 0.2) is 60.7 Å². The summed E-state index contributed by atoms with van der Waals surface area (Å²) in [5.74, 6) is 0.418. The topological polar surface area (TPSA) is 34.1 Å². The minimum atomic E-state index is 0.209. The molecule has 0 amide bonds. The van der Waals surface area contributed by atoms with Gasteiger partial charge in [-0.05, 0) is 0 Å². The lowest BCUT2D eigenvalue weighted by Gasteiger charge is -1.93. The van der Waals surface area contributed by atoms with Crippen molar-refractivity contribution in [3.63, 3.8) is 0 Å². The highest BCUT2D eigenvalue weighted by molar-refractivity contribution is 5.96. The highest BCUT2D eigenvalue weighted by Crippen LogP contribution is 2.02. The number of rotatable bonds is 4. The summed E-state index contributed by atoms with van der Waals surface area (Å²) >= 11 is 0. The Morgan fingerprint density at radius 1 is 0.650 bits per heavy atom. The molecule has 0 aromatic heterocycles. The summed E-state index contributed by atoms with van der Waals surface area (Å²) in [6.45, 7) is 3.74. The van der Waals surface area contributed by atoms with Crippen molar-refractivity contribution >= 4 is 11.6 Å². The quantitative estimate of drug-likeness (QED) is 0.762. The lowest BCUT2D eigenvalue weighted by molar-refractivity contribution is 0.0980. The summed E-state index contributed by atoms with van der Waals surface area (Å²) in [6, 6.07) is 18.7. The average molecular weight is 268 g/mol. The normalized spacial score (nSPS) is 9.30. The van der Waals surface area contributed by atoms with E-state index in [0.29, 0.717) is 12.8 Å². The maximum absolute atomic E-state index is 11.0. The van der Waals surface area contributed by atoms with Gasteiger partial charge in [0.1, 0.15) is 0 Å². The van der Waals surface area contributed by atoms with Gasteiger partial charge in [0, 0.05) is 24.0 Å². The molecule has 0 radical (unpaired) electrons. The first kappa shape index (κ1) is 15.8. The van der Waals surface area contributed by atoms with Gasteiger partial charge in [0.15, 0.2) is 11.6 Å². The molecular formula is C18H20O2. The summed E-state index contributed by atoms with van der Waals surface area (Å²) in [7, 11) is 0. The van der Waals surface area contributed by atoms with Gasteiger partial charge in [-0.15, -0.1) is 0 Å². The number of Topliss-reactive ketones (excluding diaryl/α,β-unsaturated/α-hetero) is 2. The molecule has 2 aromatic carbocycles. The molecule has 104 valence electrons. The molecule has 0 atom stereocenters. The Kier molecular flexibility index (Phi) is 6.97. The minimum Gasteiger partial charge on any atom is -0.294 e. The summed E-state index contributed by atoms with van der Waals surface area (Å²) in [5, 5.41) is 0. The second kappa shape index (κ2) is 8.81. The van der Waals surface area contributed by atoms with E-state index in [2.05, 4.69) is 0 Å². The van der Waals surface area contributed by atoms with Gasteiger partial charge < -0.3 is 0 Å². The molecule has 2 heteroatoms. The fourth-order valence-electron chi connectivity index (χ4n) is 1.66. The van der Waals surface area contributed by atoms with Crippen LogP contribution < -0.4 is 0 Å². The lowest BCUT2D eigenvalue weighted by Crippen LogP contribution is -1.94. The van der Waals surface area contributed by atoms with Crippen molar-refractivity contribution in [3.05, 3.63) is 71.8 Å². The van der Waals surface area contributed by atoms with Crippen molar-refractivity contribution in [1.29, 1.82) is 0 Å². The molecule has 0 aliphatic rings. The van der Waals surface area contributed by atoms with Crippen LogP contribution >= 0.6 is 0 Å². The Balaban J connectivity index is 0.000000200. The number of benzene rings is 2. The minimum absolute atomic E-state index is 0.209. The zero-order valence-electron chi connectivity index (χ0n) is 12.0. The Morgan fingerprint density at radius 2 is 0.950 bits per heavy atom. The molecule has 20 heavy (non-hydrogen) atoms. The third-order valence-electron chi connectivity index (χ3n) is 2.83. The van der Waals surface area contributed by atoms with E-state index < -0.39 is 0 Å². The maximum atomic E-state index is 11.0. The standard InChI is InChI=1S/2C9H10O/c2*1-2-9(10)8-6-4-3-5-7-8/h2*3-7H,2H2,1H3. The Labute approximate surface area is 120 Å². The van der Waals surface area contributed by atoms with Crippen LogP contribution in [0.1, 0.15) is 47.4 Å². The largest absolute Gasteiger partial charge is 0.294 e. The summed E-state index contributed by atoms with van der Waals surface area (Å²) in [5.41, 5.74) is 1.62. The molecule has 0 bridgehead atoms. The average Bonchev–Trinajstić information content (AvgIpc) is 2.55. The van der Waals surface area contributed by atoms with Crippen LogP contribution in [0.2, 0.25) is 0 Å². The van der Waals surface area contributed by atoms with Gasteiger partial charge in [-0.3, -0.25) is 9.59 Å². The first-order valence-corrected chi connectivity index (χ1v) is 6.85. The first-order valence-electron chi connectivity index (χ1n) is 6.85. The second-order valence-electron chi connectivity index (χ2n) is 4.29. The number of carbonyl (C=O) groups excluding carboxylic acids is 2. The molecule has 2 rings (SSSR count). The monoisotopic (exact) mass is 268 g/mol. The van der Waals surface area contributed by atoms with Gasteiger partial charge in [0.25, 0.3) is 0 Å². The molecule has 0 aliphatic carbocycles. The summed E-state index contributed by atoms with van der Waals surface area (Å²) in [6.07, 6.45) is 1.17. The zero-order valence-corrected chi connectivity index (χ0v) is 12.0. The zero-order chi connectivity index (χ0) is 14.8. The highest BCUT2D eigenvalue weighted by atomic mass is 16.1. The van der Waals surface area contributed by atoms with E-state index in [1.54, 1.807) is 0 Å². The van der Waals surface area contributed by atoms with E-state index in [9.17, 15) is 9.59 Å². The molecule has 0 aliphatic heterocycles. The van der Waals surface area contributed by atoms with Crippen LogP contribution in [0.5, 0.6) is 0 Å². The molecule has 0 spiro atoms. The molecule has 0 unspecified atom stereocenters. The van der Waals surface area contributed by atoms with E-state index in [4.69, 9.17) is 0 Å². The third-order valence-corrected chi connectivity index (χ3v) is 2.83. The molecule has 2 nitrogen and oxygen atoms in total. The number of ketones is 2. The predicted octanol–water partition coefficient (Wildman–Crippen LogP) is 4.56. The molecular weight excluding hydrogens is 248 g/mol. The van der Waals surface area contributed by atoms with Crippen LogP contribution in [0.4, 0.5) is 0 Å². The van der Waals surface area contributed by atoms with Gasteiger partial charge in [-0.1, -0.05) is 74.5 Å². The van der Waals surface area contributed by atoms with Crippen molar-refractivity contribution in [3.8, 4) is 0 Å². The SMILES string of the molecule is CCC(=O)c1ccccc1.CCC(=O)c1ccccc1. The molecule has 2 aromatic rings. The van der Waals surface area contributed by atoms with Crippen molar-refractivity contribution in [2.75, 3.05) is 0 Å². The van der Waals surface area contributed by atoms with Crippen LogP contribution in [0, 0.1) is 0 Å². The van der Waals surface area contributed by atoms with Gasteiger partial charge in [0.05, 0.1) is 0 Å². The summed E-state index contributed by atoms with van der Waals surface area (Å²) < 4.78 is 0. The van der Waals surface area contributed by atoms with Crippen LogP contribution in [0.3, 0.4) is 0 Å². The number of carbonyl (C=O) groups is 2. The van der Waals surface area contributed by atoms with Gasteiger partial charge >= 0.3 is 0 Å². The first-order chi connectivity index (χ1) is 9.69. The van der Waals surface area contributed by atoms with E-state index >= 15 is 0 Å². The molecule has 0 saturated carbocycles. The highest BCUT2D eigenvalue weighted by Gasteiger charge is 1.99. The summed E-state index contributed by atoms with van der Waals surface area (Å²) in [4.78, 5) is 22.0. The van der Waals surface area contributed by atoms with Gasteiger partial charge in [-0.25, -0.2) is 0 Å². The fourth-order valence-corrected chi connectivity index (χ4v) is 1.66. The predicted molar refractivity (Wildman–Crippen MR) is 82.1 cm³/mol. The fraction of sp³-hybridized carbons (Fsp3) is 0.222. The smallest absolute Gasteiger partial charge is 0.162 e. The van der Waals surface area contributed by atoms with E-state index in [-0.39, 0.29) is 11.6 Å². The number of hydrogen-bond acceptors (Lipinski definition) is 2. The Morgan fingerprint density at radius 3 is 1.20 bits per heavy atom. The molecule has 0 N–H and O–H groups in total. The van der Waals surface area contributed by atoms with Gasteiger partial charge in [0.2, 0.25) is 0 Å². The van der Waals surface area contributed by atoms with Crippen LogP contribution in [-0.2, 0) is 0 Å². The van der Waals surface area contributed by atoms with Crippen molar-refractivity contribution in [2.24, 2.45) is 0 Å². The molecule has 0 saturated heterocycles. The van der Waals surface area contributed by atoms with Crippen molar-refractivity contribution in [1.82, 2.24) is 0 Å². The number of hydrogen-bond donors (Lipinski definition) is 0. The van der Waals surface area contributed by atoms with Gasteiger partial charge in [-0.2, -0.15) is 0 Å². The van der Waals surface area contributed by atoms with Crippen molar-refractivity contribution < 1.29 is 9.59 Å². The van der Waals surface area contributed by atoms with E-state index in [0.717, 1.165) is 11.1 Å². The van der Waals surface area contributed by atoms with Crippen LogP contribution in [0.25, 0.3) is 0 Å². The van der Waals surface area contributed by atoms with Crippen molar-refractivity contribution in [2.45, 2.75) is 26.7 Å². The van der Waals surface area contributed by atoms with E-state index in [1.807, 2.05) is 74.5 Å². The van der Waals surface area contributed by atoms with E-state index in [1.165, 1.54) is 0 Å². The third kappa shape index (κ3) is 5.19. The molecule has 0 fully saturated rings. The second-order valence-corrected chi connectivity index (χ2v) is 4.29. The molecule has 0 heterocycles. The maximum Gasteiger partial charge on any atom is 0.162 e. The Bertz CT molecular complexity index is 478. The Hall–Kier alpha value is -2.22. The lowest BCUT2D eigenvalue weighted by atomic mass is 10.1. The van der Waals surface area contributed by atoms with Crippen LogP contribution in [-0.4, -0.2) is 11.6 Å².